The number of benzene rings is 2. The number of aromatic amines is 1. The number of nitrogens with zero attached hydrogens (tertiary/aromatic N) is 1. The number of carbonyl (C=O) groups excluding carboxylic acids is 2. The molecule has 3 fully saturated rings. The van der Waals surface area contributed by atoms with Gasteiger partial charge in [0.2, 0.25) is 11.8 Å². The summed E-state index contributed by atoms with van der Waals surface area (Å²) in [4.78, 5) is 45.3. The predicted octanol–water partition coefficient (Wildman–Crippen LogP) is 4.78. The van der Waals surface area contributed by atoms with E-state index in [1.54, 1.807) is 50.2 Å². The Morgan fingerprint density at radius 3 is 2.35 bits per heavy atom. The van der Waals surface area contributed by atoms with Gasteiger partial charge in [-0.05, 0) is 66.1 Å². The molecule has 0 unspecified atom stereocenters. The maximum absolute atomic E-state index is 13.8. The van der Waals surface area contributed by atoms with Gasteiger partial charge in [-0.3, -0.25) is 19.3 Å². The number of aromatic nitrogens is 1. The summed E-state index contributed by atoms with van der Waals surface area (Å²) in [5, 5.41) is 1.57. The van der Waals surface area contributed by atoms with Crippen LogP contribution in [0.4, 0.5) is 5.69 Å². The third kappa shape index (κ3) is 3.23. The van der Waals surface area contributed by atoms with Crippen LogP contribution in [-0.2, 0) is 9.59 Å². The average molecular weight is 555 g/mol. The maximum Gasteiger partial charge on any atom is 0.305 e. The molecule has 2 amide bonds. The lowest BCUT2D eigenvalue weighted by Gasteiger charge is -2.43. The minimum Gasteiger partial charge on any atom is -0.493 e. The number of hydrogen-bond acceptors (Lipinski definition) is 7. The van der Waals surface area contributed by atoms with Gasteiger partial charge in [-0.2, -0.15) is 0 Å². The van der Waals surface area contributed by atoms with E-state index in [-0.39, 0.29) is 57.4 Å². The number of fused-ring (bicyclic) bond motifs is 9. The zero-order chi connectivity index (χ0) is 25.6. The van der Waals surface area contributed by atoms with Crippen LogP contribution in [0.3, 0.4) is 0 Å². The molecular weight excluding hydrogens is 532 g/mol. The lowest BCUT2D eigenvalue weighted by Crippen LogP contribution is -2.42. The van der Waals surface area contributed by atoms with E-state index in [0.717, 1.165) is 21.9 Å². The van der Waals surface area contributed by atoms with Gasteiger partial charge >= 0.3 is 4.87 Å². The molecule has 2 aliphatic carbocycles. The third-order valence-corrected chi connectivity index (χ3v) is 11.4. The molecule has 37 heavy (non-hydrogen) atoms. The first-order valence-corrected chi connectivity index (χ1v) is 14.2. The predicted molar refractivity (Wildman–Crippen MR) is 142 cm³/mol. The number of halogens is 1. The number of amides is 2. The zero-order valence-corrected chi connectivity index (χ0v) is 22.4. The van der Waals surface area contributed by atoms with E-state index in [1.807, 2.05) is 18.2 Å². The summed E-state index contributed by atoms with van der Waals surface area (Å²) in [6.45, 7) is 0. The van der Waals surface area contributed by atoms with Gasteiger partial charge < -0.3 is 14.5 Å². The van der Waals surface area contributed by atoms with Crippen LogP contribution in [0.1, 0.15) is 22.8 Å². The number of carbonyl (C=O) groups is 2. The fourth-order valence-electron chi connectivity index (χ4n) is 7.28. The minimum absolute atomic E-state index is 0.0460. The van der Waals surface area contributed by atoms with Crippen molar-refractivity contribution >= 4 is 52.2 Å². The largest absolute Gasteiger partial charge is 0.493 e. The molecule has 3 aromatic rings. The van der Waals surface area contributed by atoms with Crippen LogP contribution in [0.25, 0.3) is 0 Å². The highest BCUT2D eigenvalue weighted by atomic mass is 35.5. The topological polar surface area (TPSA) is 88.7 Å². The number of anilines is 1. The zero-order valence-electron chi connectivity index (χ0n) is 20.0. The molecule has 2 saturated carbocycles. The van der Waals surface area contributed by atoms with Crippen molar-refractivity contribution in [2.24, 2.45) is 29.6 Å². The molecule has 3 heterocycles. The van der Waals surface area contributed by atoms with Crippen LogP contribution in [0.15, 0.2) is 52.3 Å². The van der Waals surface area contributed by atoms with E-state index in [4.69, 9.17) is 21.1 Å². The molecule has 2 bridgehead atoms. The van der Waals surface area contributed by atoms with E-state index in [9.17, 15) is 14.4 Å². The van der Waals surface area contributed by atoms with Crippen LogP contribution < -0.4 is 19.2 Å². The van der Waals surface area contributed by atoms with Crippen LogP contribution in [0, 0.1) is 29.6 Å². The van der Waals surface area contributed by atoms with Gasteiger partial charge in [0.25, 0.3) is 0 Å². The number of imide groups is 1. The Morgan fingerprint density at radius 1 is 0.946 bits per heavy atom. The lowest BCUT2D eigenvalue weighted by atomic mass is 9.68. The Kier molecular flexibility index (Phi) is 5.29. The highest BCUT2D eigenvalue weighted by Gasteiger charge is 2.69. The molecule has 10 heteroatoms. The number of methoxy groups -OCH3 is 2. The summed E-state index contributed by atoms with van der Waals surface area (Å²) in [6.07, 6.45) is 0.840. The first-order chi connectivity index (χ1) is 17.9. The number of nitrogens with one attached hydrogen (secondary N) is 1. The van der Waals surface area contributed by atoms with Crippen LogP contribution in [0.2, 0.25) is 5.02 Å². The molecule has 2 aromatic carbocycles. The summed E-state index contributed by atoms with van der Waals surface area (Å²) in [5.74, 6) is 0.504. The van der Waals surface area contributed by atoms with Gasteiger partial charge in [0, 0.05) is 21.1 Å². The molecular formula is C27H23ClN2O5S2. The average Bonchev–Trinajstić information content (AvgIpc) is 3.63. The van der Waals surface area contributed by atoms with Crippen molar-refractivity contribution in [2.45, 2.75) is 22.6 Å². The summed E-state index contributed by atoms with van der Waals surface area (Å²) < 4.78 is 11.0. The summed E-state index contributed by atoms with van der Waals surface area (Å²) in [7, 11) is 3.21. The quantitative estimate of drug-likeness (QED) is 0.467. The molecule has 2 aliphatic heterocycles. The Morgan fingerprint density at radius 2 is 1.65 bits per heavy atom. The van der Waals surface area contributed by atoms with E-state index in [1.165, 1.54) is 16.2 Å². The van der Waals surface area contributed by atoms with Gasteiger partial charge in [-0.25, -0.2) is 0 Å². The Hall–Kier alpha value is -2.75. The number of thiazole rings is 1. The molecule has 7 atom stereocenters. The van der Waals surface area contributed by atoms with Crippen LogP contribution >= 0.6 is 34.7 Å². The van der Waals surface area contributed by atoms with Crippen molar-refractivity contribution in [3.05, 3.63) is 67.6 Å². The summed E-state index contributed by atoms with van der Waals surface area (Å²) >= 11 is 8.97. The van der Waals surface area contributed by atoms with Crippen molar-refractivity contribution < 1.29 is 19.1 Å². The normalized spacial score (nSPS) is 31.3. The van der Waals surface area contributed by atoms with E-state index in [2.05, 4.69) is 4.98 Å². The van der Waals surface area contributed by atoms with Crippen molar-refractivity contribution in [2.75, 3.05) is 19.1 Å². The Labute approximate surface area is 226 Å². The number of thioether (sulfide) groups is 1. The maximum atomic E-state index is 13.8. The van der Waals surface area contributed by atoms with Crippen LogP contribution in [0.5, 0.6) is 11.5 Å². The second-order valence-corrected chi connectivity index (χ2v) is 12.7. The van der Waals surface area contributed by atoms with Crippen LogP contribution in [-0.4, -0.2) is 36.3 Å². The van der Waals surface area contributed by atoms with Crippen molar-refractivity contribution in [3.8, 4) is 11.5 Å². The Balaban J connectivity index is 1.32. The highest BCUT2D eigenvalue weighted by Crippen LogP contribution is 2.68. The fraction of sp³-hybridized carbons (Fsp3) is 0.370. The number of rotatable bonds is 4. The molecule has 7 nitrogen and oxygen atoms in total. The Bertz CT molecular complexity index is 1500. The van der Waals surface area contributed by atoms with Gasteiger partial charge in [0.05, 0.1) is 36.8 Å². The van der Waals surface area contributed by atoms with Gasteiger partial charge in [0.15, 0.2) is 11.5 Å². The van der Waals surface area contributed by atoms with Crippen molar-refractivity contribution in [3.63, 3.8) is 0 Å². The number of ether oxygens (including phenoxy) is 2. The third-order valence-electron chi connectivity index (χ3n) is 8.58. The lowest BCUT2D eigenvalue weighted by molar-refractivity contribution is -0.123. The molecule has 190 valence electrons. The molecule has 0 radical (unpaired) electrons. The highest BCUT2D eigenvalue weighted by molar-refractivity contribution is 8.00. The molecule has 4 aliphatic rings. The van der Waals surface area contributed by atoms with E-state index < -0.39 is 0 Å². The second-order valence-electron chi connectivity index (χ2n) is 10.1. The smallest absolute Gasteiger partial charge is 0.305 e. The van der Waals surface area contributed by atoms with Crippen molar-refractivity contribution in [1.29, 1.82) is 0 Å². The molecule has 1 N–H and O–H groups in total. The number of H-pyrrole nitrogens is 1. The van der Waals surface area contributed by atoms with Gasteiger partial charge in [-0.1, -0.05) is 29.0 Å². The summed E-state index contributed by atoms with van der Waals surface area (Å²) in [6, 6.07) is 12.8. The molecule has 0 spiro atoms. The van der Waals surface area contributed by atoms with Gasteiger partial charge in [0.1, 0.15) is 0 Å². The van der Waals surface area contributed by atoms with E-state index in [0.29, 0.717) is 22.2 Å². The first-order valence-electron chi connectivity index (χ1n) is 12.2. The fourth-order valence-corrected chi connectivity index (χ4v) is 10.3. The summed E-state index contributed by atoms with van der Waals surface area (Å²) in [5.41, 5.74) is 1.60. The molecule has 1 saturated heterocycles. The number of hydrogen-bond donors (Lipinski definition) is 1. The second kappa shape index (κ2) is 8.38. The molecule has 7 rings (SSSR count). The monoisotopic (exact) mass is 554 g/mol. The molecule has 1 aromatic heterocycles. The first kappa shape index (κ1) is 23.4. The minimum atomic E-state index is -0.352. The standard InChI is InChI=1S/C27H23ClN2O5S2/c1-34-16-8-3-11(9-17(16)35-2)18-19-14-10-15(22(19)36-24-23(18)37-27(33)29-24)21-20(14)25(31)30(26(21)32)13-6-4-12(28)5-7-13/h3-9,14-15,18-22H,10H2,1-2H3,(H,29,33)/t14-,15+,18+,19+,20+,21-,22-/m1/s1. The SMILES string of the molecule is COc1ccc([C@@H]2c3sc(=O)[nH]c3S[C@@H]3[C@H]4C[C@@H]([C@@H]5C(=O)N(c6ccc(Cl)cc6)C(=O)[C@H]45)[C@@H]23)cc1OC. The van der Waals surface area contributed by atoms with Crippen molar-refractivity contribution in [1.82, 2.24) is 4.98 Å². The van der Waals surface area contributed by atoms with Gasteiger partial charge in [-0.15, -0.1) is 11.8 Å². The van der Waals surface area contributed by atoms with E-state index >= 15 is 0 Å².